The van der Waals surface area contributed by atoms with Crippen LogP contribution >= 0.6 is 23.2 Å². The summed E-state index contributed by atoms with van der Waals surface area (Å²) in [4.78, 5) is 4.46. The molecule has 0 atom stereocenters. The zero-order valence-corrected chi connectivity index (χ0v) is 19.1. The molecular weight excluding hydrogens is 469 g/mol. The molecule has 0 aliphatic rings. The zero-order chi connectivity index (χ0) is 22.6. The van der Waals surface area contributed by atoms with Gasteiger partial charge in [0.2, 0.25) is 11.9 Å². The number of halogens is 2. The van der Waals surface area contributed by atoms with Crippen molar-refractivity contribution in [1.82, 2.24) is 14.2 Å². The van der Waals surface area contributed by atoms with Crippen LogP contribution in [0.2, 0.25) is 10.0 Å². The molecule has 4 aromatic rings. The second kappa shape index (κ2) is 9.60. The van der Waals surface area contributed by atoms with E-state index >= 15 is 0 Å². The number of aromatic nitrogens is 3. The molecule has 2 N–H and O–H groups in total. The highest BCUT2D eigenvalue weighted by Crippen LogP contribution is 2.22. The van der Waals surface area contributed by atoms with Crippen LogP contribution in [0.1, 0.15) is 11.1 Å². The Hall–Kier alpha value is -3.07. The Morgan fingerprint density at radius 3 is 1.88 bits per heavy atom. The fourth-order valence-electron chi connectivity index (χ4n) is 2.97. The van der Waals surface area contributed by atoms with Gasteiger partial charge in [0.15, 0.2) is 0 Å². The first-order valence-electron chi connectivity index (χ1n) is 9.67. The molecule has 0 unspecified atom stereocenters. The van der Waals surface area contributed by atoms with Crippen LogP contribution in [0.3, 0.4) is 0 Å². The Kier molecular flexibility index (Phi) is 6.64. The number of benzene rings is 3. The average molecular weight is 488 g/mol. The van der Waals surface area contributed by atoms with Gasteiger partial charge in [-0.2, -0.15) is 13.4 Å². The Morgan fingerprint density at radius 1 is 0.750 bits per heavy atom. The summed E-state index contributed by atoms with van der Waals surface area (Å²) in [5.41, 5.74) is 1.63. The second-order valence-corrected chi connectivity index (χ2v) is 9.39. The molecule has 7 nitrogen and oxygen atoms in total. The average Bonchev–Trinajstić information content (AvgIpc) is 3.23. The molecule has 0 aliphatic carbocycles. The quantitative estimate of drug-likeness (QED) is 0.361. The summed E-state index contributed by atoms with van der Waals surface area (Å²) in [6.45, 7) is 0.603. The van der Waals surface area contributed by atoms with E-state index in [1.807, 2.05) is 36.4 Å². The highest BCUT2D eigenvalue weighted by molar-refractivity contribution is 7.90. The van der Waals surface area contributed by atoms with Crippen molar-refractivity contribution in [3.8, 4) is 0 Å². The molecule has 1 aromatic heterocycles. The lowest BCUT2D eigenvalue weighted by Gasteiger charge is -2.09. The van der Waals surface area contributed by atoms with Gasteiger partial charge in [0.1, 0.15) is 0 Å². The van der Waals surface area contributed by atoms with Gasteiger partial charge < -0.3 is 10.6 Å². The second-order valence-electron chi connectivity index (χ2n) is 6.81. The molecule has 4 rings (SSSR count). The lowest BCUT2D eigenvalue weighted by atomic mass is 10.2. The van der Waals surface area contributed by atoms with Gasteiger partial charge in [-0.05, 0) is 35.4 Å². The number of rotatable bonds is 8. The van der Waals surface area contributed by atoms with Crippen molar-refractivity contribution < 1.29 is 8.42 Å². The summed E-state index contributed by atoms with van der Waals surface area (Å²) < 4.78 is 27.3. The van der Waals surface area contributed by atoms with Crippen molar-refractivity contribution in [3.05, 3.63) is 100 Å². The van der Waals surface area contributed by atoms with E-state index in [4.69, 9.17) is 23.2 Å². The van der Waals surface area contributed by atoms with E-state index in [2.05, 4.69) is 20.7 Å². The van der Waals surface area contributed by atoms with Crippen LogP contribution < -0.4 is 10.6 Å². The molecule has 0 saturated heterocycles. The first-order chi connectivity index (χ1) is 15.4. The van der Waals surface area contributed by atoms with Crippen LogP contribution in [0.15, 0.2) is 83.8 Å². The Labute approximate surface area is 196 Å². The minimum absolute atomic E-state index is 0.0652. The van der Waals surface area contributed by atoms with Crippen LogP contribution in [0.4, 0.5) is 11.9 Å². The Morgan fingerprint density at radius 2 is 1.28 bits per heavy atom. The molecule has 0 saturated carbocycles. The number of nitrogens with zero attached hydrogens (tertiary/aromatic N) is 3. The van der Waals surface area contributed by atoms with Crippen molar-refractivity contribution >= 4 is 45.1 Å². The third-order valence-corrected chi connectivity index (χ3v) is 6.95. The van der Waals surface area contributed by atoms with Crippen molar-refractivity contribution in [1.29, 1.82) is 0 Å². The topological polar surface area (TPSA) is 88.9 Å². The molecule has 10 heteroatoms. The van der Waals surface area contributed by atoms with E-state index < -0.39 is 10.0 Å². The van der Waals surface area contributed by atoms with E-state index in [1.54, 1.807) is 30.3 Å². The molecule has 0 spiro atoms. The third kappa shape index (κ3) is 4.88. The van der Waals surface area contributed by atoms with E-state index in [0.29, 0.717) is 16.6 Å². The van der Waals surface area contributed by atoms with Gasteiger partial charge in [-0.25, -0.2) is 0 Å². The number of hydrogen-bond acceptors (Lipinski definition) is 6. The smallest absolute Gasteiger partial charge is 0.286 e. The van der Waals surface area contributed by atoms with E-state index in [9.17, 15) is 8.42 Å². The van der Waals surface area contributed by atoms with Gasteiger partial charge >= 0.3 is 0 Å². The zero-order valence-electron chi connectivity index (χ0n) is 16.7. The Bertz CT molecular complexity index is 1330. The summed E-state index contributed by atoms with van der Waals surface area (Å²) in [5, 5.41) is 11.4. The fourth-order valence-corrected chi connectivity index (χ4v) is 4.60. The van der Waals surface area contributed by atoms with Crippen molar-refractivity contribution in [2.75, 3.05) is 10.6 Å². The monoisotopic (exact) mass is 487 g/mol. The molecule has 32 heavy (non-hydrogen) atoms. The molecule has 0 fully saturated rings. The minimum Gasteiger partial charge on any atom is -0.349 e. The van der Waals surface area contributed by atoms with Gasteiger partial charge in [-0.1, -0.05) is 77.8 Å². The maximum atomic E-state index is 13.2. The first-order valence-corrected chi connectivity index (χ1v) is 11.9. The van der Waals surface area contributed by atoms with E-state index in [-0.39, 0.29) is 23.3 Å². The van der Waals surface area contributed by atoms with Crippen molar-refractivity contribution in [3.63, 3.8) is 0 Å². The summed E-state index contributed by atoms with van der Waals surface area (Å²) >= 11 is 12.4. The first kappa shape index (κ1) is 22.1. The summed E-state index contributed by atoms with van der Waals surface area (Å²) in [7, 11) is -3.97. The molecule has 3 aromatic carbocycles. The van der Waals surface area contributed by atoms with Crippen LogP contribution in [-0.4, -0.2) is 22.6 Å². The van der Waals surface area contributed by atoms with Crippen LogP contribution in [0, 0.1) is 0 Å². The number of anilines is 2. The number of nitrogens with one attached hydrogen (secondary N) is 2. The normalized spacial score (nSPS) is 11.3. The standard InChI is InChI=1S/C22H19Cl2N5O2S/c23-19-12-6-4-8-16(19)14-25-21-27-22(26-15-17-9-5-7-13-20(17)24)29(28-21)32(30,31)18-10-2-1-3-11-18/h1-13H,14-15H2,(H2,25,26,27,28). The molecule has 164 valence electrons. The van der Waals surface area contributed by atoms with E-state index in [0.717, 1.165) is 15.2 Å². The molecule has 0 amide bonds. The van der Waals surface area contributed by atoms with Gasteiger partial charge in [-0.15, -0.1) is 9.19 Å². The van der Waals surface area contributed by atoms with Crippen LogP contribution in [0.25, 0.3) is 0 Å². The predicted molar refractivity (Wildman–Crippen MR) is 127 cm³/mol. The minimum atomic E-state index is -3.97. The lowest BCUT2D eigenvalue weighted by molar-refractivity contribution is 0.580. The van der Waals surface area contributed by atoms with Crippen molar-refractivity contribution in [2.24, 2.45) is 0 Å². The van der Waals surface area contributed by atoms with Gasteiger partial charge in [0, 0.05) is 23.1 Å². The summed E-state index contributed by atoms with van der Waals surface area (Å²) in [6.07, 6.45) is 0. The SMILES string of the molecule is O=S(=O)(c1ccccc1)n1nc(NCc2ccccc2Cl)nc1NCc1ccccc1Cl. The Balaban J connectivity index is 1.65. The summed E-state index contributed by atoms with van der Waals surface area (Å²) in [5.74, 6) is 0.210. The maximum absolute atomic E-state index is 13.2. The fraction of sp³-hybridized carbons (Fsp3) is 0.0909. The van der Waals surface area contributed by atoms with E-state index in [1.165, 1.54) is 12.1 Å². The van der Waals surface area contributed by atoms with Gasteiger partial charge in [-0.3, -0.25) is 0 Å². The highest BCUT2D eigenvalue weighted by Gasteiger charge is 2.24. The van der Waals surface area contributed by atoms with Gasteiger partial charge in [0.25, 0.3) is 10.0 Å². The van der Waals surface area contributed by atoms with Crippen LogP contribution in [-0.2, 0) is 23.1 Å². The number of hydrogen-bond donors (Lipinski definition) is 2. The lowest BCUT2D eigenvalue weighted by Crippen LogP contribution is -2.18. The maximum Gasteiger partial charge on any atom is 0.286 e. The molecule has 0 bridgehead atoms. The highest BCUT2D eigenvalue weighted by atomic mass is 35.5. The molecule has 1 heterocycles. The van der Waals surface area contributed by atoms with Crippen molar-refractivity contribution in [2.45, 2.75) is 18.0 Å². The molecular formula is C22H19Cl2N5O2S. The molecule has 0 aliphatic heterocycles. The van der Waals surface area contributed by atoms with Gasteiger partial charge in [0.05, 0.1) is 4.90 Å². The molecule has 0 radical (unpaired) electrons. The predicted octanol–water partition coefficient (Wildman–Crippen LogP) is 5.05. The largest absolute Gasteiger partial charge is 0.349 e. The third-order valence-electron chi connectivity index (χ3n) is 4.64. The van der Waals surface area contributed by atoms with Crippen LogP contribution in [0.5, 0.6) is 0 Å². The summed E-state index contributed by atoms with van der Waals surface area (Å²) in [6, 6.07) is 22.7.